The van der Waals surface area contributed by atoms with Gasteiger partial charge in [-0.3, -0.25) is 9.13 Å². The topological polar surface area (TPSA) is 26.9 Å². The van der Waals surface area contributed by atoms with E-state index in [-0.39, 0.29) is 5.69 Å². The summed E-state index contributed by atoms with van der Waals surface area (Å²) in [6.07, 6.45) is 1.04. The van der Waals surface area contributed by atoms with Crippen molar-refractivity contribution in [3.63, 3.8) is 0 Å². The van der Waals surface area contributed by atoms with Gasteiger partial charge in [0, 0.05) is 23.7 Å². The fourth-order valence-electron chi connectivity index (χ4n) is 3.10. The van der Waals surface area contributed by atoms with E-state index in [9.17, 15) is 4.79 Å². The molecule has 0 bridgehead atoms. The molecule has 0 fully saturated rings. The normalized spacial score (nSPS) is 17.3. The van der Waals surface area contributed by atoms with E-state index in [1.165, 1.54) is 10.5 Å². The number of rotatable bonds is 2. The minimum atomic E-state index is 0.0766. The Bertz CT molecular complexity index is 853. The first-order valence-electron chi connectivity index (χ1n) is 7.13. The monoisotopic (exact) mass is 296 g/mol. The van der Waals surface area contributed by atoms with E-state index in [4.69, 9.17) is 0 Å². The van der Waals surface area contributed by atoms with Crippen LogP contribution in [0.4, 0.5) is 0 Å². The second kappa shape index (κ2) is 4.81. The van der Waals surface area contributed by atoms with Crippen LogP contribution in [0.1, 0.15) is 5.56 Å². The number of para-hydroxylation sites is 2. The molecule has 1 unspecified atom stereocenters. The highest BCUT2D eigenvalue weighted by Crippen LogP contribution is 2.37. The molecule has 0 radical (unpaired) electrons. The molecule has 106 valence electrons. The molecule has 3 nitrogen and oxygen atoms in total. The maximum Gasteiger partial charge on any atom is 0.328 e. The summed E-state index contributed by atoms with van der Waals surface area (Å²) < 4.78 is 3.65. The Hall–Kier alpha value is -1.94. The molecule has 2 aromatic carbocycles. The van der Waals surface area contributed by atoms with Crippen molar-refractivity contribution in [2.45, 2.75) is 23.1 Å². The lowest BCUT2D eigenvalue weighted by Gasteiger charge is -2.09. The largest absolute Gasteiger partial charge is 0.328 e. The number of aromatic nitrogens is 2. The lowest BCUT2D eigenvalue weighted by molar-refractivity contribution is 0.641. The molecule has 1 atom stereocenters. The Morgan fingerprint density at radius 2 is 1.81 bits per heavy atom. The van der Waals surface area contributed by atoms with E-state index in [0.29, 0.717) is 5.25 Å². The van der Waals surface area contributed by atoms with Crippen LogP contribution in [0.25, 0.3) is 11.0 Å². The van der Waals surface area contributed by atoms with Gasteiger partial charge < -0.3 is 0 Å². The van der Waals surface area contributed by atoms with Crippen molar-refractivity contribution in [2.75, 3.05) is 0 Å². The van der Waals surface area contributed by atoms with Crippen molar-refractivity contribution in [1.29, 1.82) is 0 Å². The van der Waals surface area contributed by atoms with Crippen LogP contribution in [-0.4, -0.2) is 14.4 Å². The molecular formula is C17H16N2OS. The Morgan fingerprint density at radius 1 is 1.10 bits per heavy atom. The Balaban J connectivity index is 1.71. The number of aryl methyl sites for hydroxylation is 1. The number of nitrogens with zero attached hydrogens (tertiary/aromatic N) is 2. The average Bonchev–Trinajstić information content (AvgIpc) is 3.02. The Morgan fingerprint density at radius 3 is 2.62 bits per heavy atom. The molecule has 21 heavy (non-hydrogen) atoms. The van der Waals surface area contributed by atoms with E-state index in [1.54, 1.807) is 4.57 Å². The molecule has 4 heteroatoms. The predicted molar refractivity (Wildman–Crippen MR) is 87.0 cm³/mol. The lowest BCUT2D eigenvalue weighted by Crippen LogP contribution is -2.26. The lowest BCUT2D eigenvalue weighted by atomic mass is 10.1. The smallest absolute Gasteiger partial charge is 0.295 e. The summed E-state index contributed by atoms with van der Waals surface area (Å²) in [7, 11) is 1.84. The van der Waals surface area contributed by atoms with Crippen LogP contribution in [0.2, 0.25) is 0 Å². The third kappa shape index (κ3) is 2.02. The van der Waals surface area contributed by atoms with Crippen molar-refractivity contribution in [2.24, 2.45) is 7.05 Å². The zero-order valence-electron chi connectivity index (χ0n) is 11.8. The fraction of sp³-hybridized carbons (Fsp3) is 0.235. The molecule has 2 heterocycles. The number of fused-ring (bicyclic) bond motifs is 2. The summed E-state index contributed by atoms with van der Waals surface area (Å²) >= 11 is 1.89. The van der Waals surface area contributed by atoms with Crippen molar-refractivity contribution in [3.8, 4) is 0 Å². The fourth-order valence-corrected chi connectivity index (χ4v) is 4.40. The summed E-state index contributed by atoms with van der Waals surface area (Å²) in [6.45, 7) is 0.763. The van der Waals surface area contributed by atoms with Crippen LogP contribution in [-0.2, 0) is 20.0 Å². The molecule has 0 saturated carbocycles. The van der Waals surface area contributed by atoms with Gasteiger partial charge in [0.25, 0.3) is 0 Å². The zero-order chi connectivity index (χ0) is 14.4. The van der Waals surface area contributed by atoms with Gasteiger partial charge in [-0.05, 0) is 30.2 Å². The highest BCUT2D eigenvalue weighted by Gasteiger charge is 2.23. The van der Waals surface area contributed by atoms with Crippen molar-refractivity contribution >= 4 is 22.8 Å². The van der Waals surface area contributed by atoms with Crippen LogP contribution in [0.15, 0.2) is 58.2 Å². The standard InChI is InChI=1S/C17H16N2OS/c1-18-14-7-3-4-8-15(14)19(17(18)20)11-13-10-12-6-2-5-9-16(12)21-13/h2-9,13H,10-11H2,1H3. The molecule has 0 N–H and O–H groups in total. The molecule has 1 aromatic heterocycles. The number of thioether (sulfide) groups is 1. The maximum absolute atomic E-state index is 12.5. The highest BCUT2D eigenvalue weighted by molar-refractivity contribution is 8.00. The first kappa shape index (κ1) is 12.8. The summed E-state index contributed by atoms with van der Waals surface area (Å²) in [4.78, 5) is 13.8. The quantitative estimate of drug-likeness (QED) is 0.727. The van der Waals surface area contributed by atoms with Gasteiger partial charge >= 0.3 is 5.69 Å². The second-order valence-corrected chi connectivity index (χ2v) is 6.83. The van der Waals surface area contributed by atoms with E-state index >= 15 is 0 Å². The van der Waals surface area contributed by atoms with Crippen LogP contribution < -0.4 is 5.69 Å². The number of hydrogen-bond donors (Lipinski definition) is 0. The number of imidazole rings is 1. The van der Waals surface area contributed by atoms with Gasteiger partial charge in [0.05, 0.1) is 11.0 Å². The summed E-state index contributed by atoms with van der Waals surface area (Å²) in [5.41, 5.74) is 3.51. The predicted octanol–water partition coefficient (Wildman–Crippen LogP) is 3.06. The second-order valence-electron chi connectivity index (χ2n) is 5.49. The van der Waals surface area contributed by atoms with Crippen LogP contribution in [0, 0.1) is 0 Å². The van der Waals surface area contributed by atoms with Crippen molar-refractivity contribution in [1.82, 2.24) is 9.13 Å². The van der Waals surface area contributed by atoms with E-state index in [0.717, 1.165) is 24.0 Å². The number of hydrogen-bond acceptors (Lipinski definition) is 2. The van der Waals surface area contributed by atoms with E-state index in [2.05, 4.69) is 24.3 Å². The Labute approximate surface area is 127 Å². The van der Waals surface area contributed by atoms with Crippen molar-refractivity contribution in [3.05, 3.63) is 64.6 Å². The summed E-state index contributed by atoms with van der Waals surface area (Å²) in [5, 5.41) is 0.436. The molecule has 0 saturated heterocycles. The van der Waals surface area contributed by atoms with Gasteiger partial charge in [-0.2, -0.15) is 0 Å². The van der Waals surface area contributed by atoms with Gasteiger partial charge in [0.2, 0.25) is 0 Å². The molecule has 4 rings (SSSR count). The zero-order valence-corrected chi connectivity index (χ0v) is 12.6. The minimum Gasteiger partial charge on any atom is -0.295 e. The third-order valence-electron chi connectivity index (χ3n) is 4.15. The van der Waals surface area contributed by atoms with Gasteiger partial charge in [0.1, 0.15) is 0 Å². The summed E-state index contributed by atoms with van der Waals surface area (Å²) in [5.74, 6) is 0. The third-order valence-corrected chi connectivity index (χ3v) is 5.45. The van der Waals surface area contributed by atoms with Crippen molar-refractivity contribution < 1.29 is 0 Å². The molecule has 0 spiro atoms. The first-order chi connectivity index (χ1) is 10.2. The van der Waals surface area contributed by atoms with Crippen LogP contribution in [0.3, 0.4) is 0 Å². The number of benzene rings is 2. The minimum absolute atomic E-state index is 0.0766. The SMILES string of the molecule is Cn1c(=O)n(CC2Cc3ccccc3S2)c2ccccc21. The molecule has 3 aromatic rings. The first-order valence-corrected chi connectivity index (χ1v) is 8.01. The molecule has 1 aliphatic rings. The highest BCUT2D eigenvalue weighted by atomic mass is 32.2. The molecular weight excluding hydrogens is 280 g/mol. The maximum atomic E-state index is 12.5. The van der Waals surface area contributed by atoms with Gasteiger partial charge in [-0.15, -0.1) is 11.8 Å². The van der Waals surface area contributed by atoms with E-state index in [1.807, 2.05) is 47.6 Å². The van der Waals surface area contributed by atoms with Gasteiger partial charge in [-0.1, -0.05) is 30.3 Å². The molecule has 1 aliphatic heterocycles. The average molecular weight is 296 g/mol. The van der Waals surface area contributed by atoms with Crippen LogP contribution in [0.5, 0.6) is 0 Å². The molecule has 0 aliphatic carbocycles. The van der Waals surface area contributed by atoms with Gasteiger partial charge in [0.15, 0.2) is 0 Å². The van der Waals surface area contributed by atoms with Crippen LogP contribution >= 0.6 is 11.8 Å². The Kier molecular flexibility index (Phi) is 2.93. The van der Waals surface area contributed by atoms with E-state index < -0.39 is 0 Å². The summed E-state index contributed by atoms with van der Waals surface area (Å²) in [6, 6.07) is 16.5. The van der Waals surface area contributed by atoms with Gasteiger partial charge in [-0.25, -0.2) is 4.79 Å². The molecule has 0 amide bonds.